The summed E-state index contributed by atoms with van der Waals surface area (Å²) in [6.45, 7) is 7.94. The number of hydrogen-bond acceptors (Lipinski definition) is 2. The van der Waals surface area contributed by atoms with Crippen molar-refractivity contribution in [2.75, 3.05) is 0 Å². The lowest BCUT2D eigenvalue weighted by atomic mass is 9.93. The minimum absolute atomic E-state index is 0.0413. The van der Waals surface area contributed by atoms with Gasteiger partial charge in [-0.3, -0.25) is 4.79 Å². The summed E-state index contributed by atoms with van der Waals surface area (Å²) in [7, 11) is 0. The molecule has 0 fully saturated rings. The Kier molecular flexibility index (Phi) is 1.78. The molecule has 1 heterocycles. The van der Waals surface area contributed by atoms with Crippen LogP contribution in [-0.2, 0) is 9.53 Å². The molecule has 11 heavy (non-hydrogen) atoms. The van der Waals surface area contributed by atoms with E-state index in [-0.39, 0.29) is 17.3 Å². The Morgan fingerprint density at radius 3 is 2.18 bits per heavy atom. The smallest absolute Gasteiger partial charge is 0.317 e. The highest BCUT2D eigenvalue weighted by Gasteiger charge is 2.30. The van der Waals surface area contributed by atoms with Gasteiger partial charge in [-0.15, -0.1) is 0 Å². The largest absolute Gasteiger partial charge is 0.430 e. The fourth-order valence-corrected chi connectivity index (χ4v) is 0.934. The fraction of sp³-hybridized carbons (Fsp3) is 0.667. The maximum absolute atomic E-state index is 11.0. The Labute approximate surface area is 67.2 Å². The minimum Gasteiger partial charge on any atom is -0.430 e. The van der Waals surface area contributed by atoms with E-state index < -0.39 is 0 Å². The van der Waals surface area contributed by atoms with Gasteiger partial charge < -0.3 is 4.74 Å². The molecule has 1 aliphatic heterocycles. The van der Waals surface area contributed by atoms with Gasteiger partial charge in [0.1, 0.15) is 5.76 Å². The summed E-state index contributed by atoms with van der Waals surface area (Å²) in [4.78, 5) is 11.0. The van der Waals surface area contributed by atoms with Crippen molar-refractivity contribution in [3.05, 3.63) is 11.8 Å². The third-order valence-corrected chi connectivity index (χ3v) is 1.72. The van der Waals surface area contributed by atoms with Crippen LogP contribution in [0.15, 0.2) is 11.8 Å². The number of carbonyl (C=O) groups is 1. The highest BCUT2D eigenvalue weighted by Crippen LogP contribution is 2.32. The molecule has 0 N–H and O–H groups in total. The van der Waals surface area contributed by atoms with Crippen molar-refractivity contribution >= 4 is 5.97 Å². The van der Waals surface area contributed by atoms with Gasteiger partial charge in [0.2, 0.25) is 0 Å². The van der Waals surface area contributed by atoms with E-state index in [4.69, 9.17) is 4.74 Å². The lowest BCUT2D eigenvalue weighted by molar-refractivity contribution is -0.140. The Balaban J connectivity index is 2.79. The molecule has 0 saturated carbocycles. The van der Waals surface area contributed by atoms with E-state index >= 15 is 0 Å². The fourth-order valence-electron chi connectivity index (χ4n) is 0.934. The highest BCUT2D eigenvalue weighted by atomic mass is 16.5. The van der Waals surface area contributed by atoms with Crippen molar-refractivity contribution in [3.63, 3.8) is 0 Å². The Bertz CT molecular complexity index is 208. The quantitative estimate of drug-likeness (QED) is 0.499. The molecule has 0 aliphatic carbocycles. The van der Waals surface area contributed by atoms with E-state index in [1.54, 1.807) is 0 Å². The molecule has 1 unspecified atom stereocenters. The average molecular weight is 154 g/mol. The van der Waals surface area contributed by atoms with Crippen molar-refractivity contribution in [1.82, 2.24) is 0 Å². The third kappa shape index (κ3) is 1.62. The second-order valence-electron chi connectivity index (χ2n) is 3.99. The number of rotatable bonds is 0. The van der Waals surface area contributed by atoms with E-state index in [2.05, 4.69) is 0 Å². The Hall–Kier alpha value is -0.790. The van der Waals surface area contributed by atoms with Crippen LogP contribution >= 0.6 is 0 Å². The molecule has 1 rings (SSSR count). The van der Waals surface area contributed by atoms with Crippen LogP contribution in [0, 0.1) is 11.3 Å². The maximum Gasteiger partial charge on any atom is 0.317 e. The van der Waals surface area contributed by atoms with Crippen LogP contribution in [0.5, 0.6) is 0 Å². The van der Waals surface area contributed by atoms with Crippen molar-refractivity contribution in [1.29, 1.82) is 0 Å². The zero-order valence-corrected chi connectivity index (χ0v) is 7.47. The molecule has 2 heteroatoms. The highest BCUT2D eigenvalue weighted by molar-refractivity contribution is 5.78. The van der Waals surface area contributed by atoms with Crippen molar-refractivity contribution < 1.29 is 9.53 Å². The zero-order chi connectivity index (χ0) is 8.65. The first kappa shape index (κ1) is 8.31. The minimum atomic E-state index is -0.130. The maximum atomic E-state index is 11.0. The number of esters is 1. The zero-order valence-electron chi connectivity index (χ0n) is 7.47. The molecular formula is C9H14O2. The summed E-state index contributed by atoms with van der Waals surface area (Å²) in [6, 6.07) is 0. The lowest BCUT2D eigenvalue weighted by Crippen LogP contribution is -2.11. The van der Waals surface area contributed by atoms with Crippen LogP contribution in [0.3, 0.4) is 0 Å². The summed E-state index contributed by atoms with van der Waals surface area (Å²) in [6.07, 6.45) is 1.89. The SMILES string of the molecule is CC1C=C(C(C)(C)C)OC1=O. The summed E-state index contributed by atoms with van der Waals surface area (Å²) in [5, 5.41) is 0. The van der Waals surface area contributed by atoms with E-state index in [9.17, 15) is 4.79 Å². The summed E-state index contributed by atoms with van der Waals surface area (Å²) in [5.74, 6) is 0.606. The third-order valence-electron chi connectivity index (χ3n) is 1.72. The molecule has 0 amide bonds. The van der Waals surface area contributed by atoms with E-state index in [0.29, 0.717) is 0 Å². The van der Waals surface area contributed by atoms with Gasteiger partial charge in [-0.2, -0.15) is 0 Å². The first-order valence-electron chi connectivity index (χ1n) is 3.85. The van der Waals surface area contributed by atoms with Crippen LogP contribution in [-0.4, -0.2) is 5.97 Å². The number of allylic oxidation sites excluding steroid dienone is 1. The summed E-state index contributed by atoms with van der Waals surface area (Å²) < 4.78 is 5.06. The van der Waals surface area contributed by atoms with E-state index in [0.717, 1.165) is 5.76 Å². The topological polar surface area (TPSA) is 26.3 Å². The Morgan fingerprint density at radius 1 is 1.45 bits per heavy atom. The molecule has 0 saturated heterocycles. The first-order valence-corrected chi connectivity index (χ1v) is 3.85. The second-order valence-corrected chi connectivity index (χ2v) is 3.99. The molecule has 0 aromatic carbocycles. The van der Waals surface area contributed by atoms with Crippen LogP contribution in [0.2, 0.25) is 0 Å². The van der Waals surface area contributed by atoms with Crippen LogP contribution in [0.4, 0.5) is 0 Å². The molecule has 0 aromatic rings. The molecule has 0 bridgehead atoms. The number of carbonyl (C=O) groups excluding carboxylic acids is 1. The molecular weight excluding hydrogens is 140 g/mol. The first-order chi connectivity index (χ1) is 4.91. The number of hydrogen-bond donors (Lipinski definition) is 0. The van der Waals surface area contributed by atoms with Gasteiger partial charge in [0.25, 0.3) is 0 Å². The van der Waals surface area contributed by atoms with Gasteiger partial charge >= 0.3 is 5.97 Å². The van der Waals surface area contributed by atoms with Crippen LogP contribution < -0.4 is 0 Å². The van der Waals surface area contributed by atoms with Crippen LogP contribution in [0.1, 0.15) is 27.7 Å². The molecule has 0 radical (unpaired) electrons. The summed E-state index contributed by atoms with van der Waals surface area (Å²) in [5.41, 5.74) is -0.0413. The van der Waals surface area contributed by atoms with Gasteiger partial charge in [-0.1, -0.05) is 20.8 Å². The van der Waals surface area contributed by atoms with Gasteiger partial charge in [0.15, 0.2) is 0 Å². The molecule has 1 atom stereocenters. The predicted octanol–water partition coefficient (Wildman–Crippen LogP) is 2.11. The molecule has 0 aromatic heterocycles. The standard InChI is InChI=1S/C9H14O2/c1-6-5-7(9(2,3)4)11-8(6)10/h5-6H,1-4H3. The van der Waals surface area contributed by atoms with Gasteiger partial charge in [0, 0.05) is 5.41 Å². The van der Waals surface area contributed by atoms with E-state index in [1.807, 2.05) is 33.8 Å². The summed E-state index contributed by atoms with van der Waals surface area (Å²) >= 11 is 0. The van der Waals surface area contributed by atoms with Gasteiger partial charge in [-0.05, 0) is 13.0 Å². The number of cyclic esters (lactones) is 1. The lowest BCUT2D eigenvalue weighted by Gasteiger charge is -2.17. The Morgan fingerprint density at radius 2 is 2.00 bits per heavy atom. The molecule has 0 spiro atoms. The molecule has 62 valence electrons. The van der Waals surface area contributed by atoms with Crippen LogP contribution in [0.25, 0.3) is 0 Å². The van der Waals surface area contributed by atoms with Crippen molar-refractivity contribution in [2.24, 2.45) is 11.3 Å². The van der Waals surface area contributed by atoms with Crippen molar-refractivity contribution in [2.45, 2.75) is 27.7 Å². The second kappa shape index (κ2) is 2.36. The normalized spacial score (nSPS) is 24.9. The molecule has 2 nitrogen and oxygen atoms in total. The predicted molar refractivity (Wildman–Crippen MR) is 42.8 cm³/mol. The van der Waals surface area contributed by atoms with Gasteiger partial charge in [-0.25, -0.2) is 0 Å². The molecule has 1 aliphatic rings. The van der Waals surface area contributed by atoms with Gasteiger partial charge in [0.05, 0.1) is 5.92 Å². The monoisotopic (exact) mass is 154 g/mol. The van der Waals surface area contributed by atoms with E-state index in [1.165, 1.54) is 0 Å². The van der Waals surface area contributed by atoms with Crippen molar-refractivity contribution in [3.8, 4) is 0 Å². The number of ether oxygens (including phenoxy) is 1. The average Bonchev–Trinajstić information content (AvgIpc) is 2.11.